The molecule has 0 aliphatic carbocycles. The summed E-state index contributed by atoms with van der Waals surface area (Å²) in [4.78, 5) is 12.2. The molecule has 2 N–H and O–H groups in total. The Labute approximate surface area is 90.8 Å². The lowest BCUT2D eigenvalue weighted by molar-refractivity contribution is 0.853. The fourth-order valence-corrected chi connectivity index (χ4v) is 1.55. The number of para-hydroxylation sites is 1. The number of aromatic nitrogens is 5. The van der Waals surface area contributed by atoms with Crippen molar-refractivity contribution in [2.24, 2.45) is 0 Å². The molecule has 6 nitrogen and oxygen atoms in total. The van der Waals surface area contributed by atoms with Crippen molar-refractivity contribution < 1.29 is 0 Å². The Balaban J connectivity index is 2.31. The van der Waals surface area contributed by atoms with E-state index in [0.717, 1.165) is 10.9 Å². The predicted octanol–water partition coefficient (Wildman–Crippen LogP) is 0.793. The van der Waals surface area contributed by atoms with Crippen molar-refractivity contribution in [3.8, 4) is 5.82 Å². The molecule has 6 heteroatoms. The first-order valence-corrected chi connectivity index (χ1v) is 4.72. The van der Waals surface area contributed by atoms with Gasteiger partial charge in [-0.05, 0) is 12.1 Å². The van der Waals surface area contributed by atoms with E-state index in [0.29, 0.717) is 5.82 Å². The molecule has 2 heterocycles. The molecular formula is C10H8N6. The molecule has 0 amide bonds. The molecule has 0 unspecified atom stereocenters. The molecule has 0 aliphatic rings. The summed E-state index contributed by atoms with van der Waals surface area (Å²) < 4.78 is 1.54. The number of rotatable bonds is 1. The first-order valence-electron chi connectivity index (χ1n) is 4.72. The molecule has 3 rings (SSSR count). The molecule has 0 bridgehead atoms. The average Bonchev–Trinajstić information content (AvgIpc) is 2.75. The largest absolute Gasteiger partial charge is 0.366 e. The Kier molecular flexibility index (Phi) is 1.79. The maximum absolute atomic E-state index is 5.47. The van der Waals surface area contributed by atoms with Gasteiger partial charge in [0.25, 0.3) is 0 Å². The zero-order valence-electron chi connectivity index (χ0n) is 8.28. The van der Waals surface area contributed by atoms with Crippen LogP contribution in [0.15, 0.2) is 36.9 Å². The molecule has 0 aliphatic heterocycles. The van der Waals surface area contributed by atoms with Crippen LogP contribution in [0.3, 0.4) is 0 Å². The lowest BCUT2D eigenvalue weighted by Crippen LogP contribution is -2.00. The van der Waals surface area contributed by atoms with Gasteiger partial charge < -0.3 is 5.73 Å². The van der Waals surface area contributed by atoms with Crippen molar-refractivity contribution in [3.05, 3.63) is 36.9 Å². The standard InChI is InChI=1S/C10H8N6/c11-10-14-6-16(15-10)9-7-3-1-2-4-8(7)12-5-13-9/h1-6H,(H2,11,15). The van der Waals surface area contributed by atoms with Gasteiger partial charge in [-0.1, -0.05) is 12.1 Å². The summed E-state index contributed by atoms with van der Waals surface area (Å²) in [5.74, 6) is 0.900. The molecule has 2 aromatic heterocycles. The second kappa shape index (κ2) is 3.27. The summed E-state index contributed by atoms with van der Waals surface area (Å²) in [7, 11) is 0. The number of benzene rings is 1. The van der Waals surface area contributed by atoms with Crippen molar-refractivity contribution >= 4 is 16.9 Å². The minimum absolute atomic E-state index is 0.225. The first kappa shape index (κ1) is 8.78. The monoisotopic (exact) mass is 212 g/mol. The summed E-state index contributed by atoms with van der Waals surface area (Å²) in [6.45, 7) is 0. The molecule has 0 saturated heterocycles. The van der Waals surface area contributed by atoms with Crippen molar-refractivity contribution in [3.63, 3.8) is 0 Å². The van der Waals surface area contributed by atoms with Gasteiger partial charge in [-0.15, -0.1) is 5.10 Å². The predicted molar refractivity (Wildman–Crippen MR) is 58.9 cm³/mol. The smallest absolute Gasteiger partial charge is 0.239 e. The van der Waals surface area contributed by atoms with Gasteiger partial charge in [0.05, 0.1) is 5.52 Å². The fraction of sp³-hybridized carbons (Fsp3) is 0. The second-order valence-electron chi connectivity index (χ2n) is 3.26. The highest BCUT2D eigenvalue weighted by Gasteiger charge is 2.06. The molecule has 0 spiro atoms. The van der Waals surface area contributed by atoms with Crippen LogP contribution in [0.4, 0.5) is 5.95 Å². The normalized spacial score (nSPS) is 10.8. The van der Waals surface area contributed by atoms with Crippen LogP contribution < -0.4 is 5.73 Å². The fourth-order valence-electron chi connectivity index (χ4n) is 1.55. The lowest BCUT2D eigenvalue weighted by atomic mass is 10.2. The van der Waals surface area contributed by atoms with Crippen molar-refractivity contribution in [2.75, 3.05) is 5.73 Å². The molecule has 0 radical (unpaired) electrons. The SMILES string of the molecule is Nc1ncn(-c2ncnc3ccccc23)n1. The van der Waals surface area contributed by atoms with Crippen LogP contribution in [0, 0.1) is 0 Å². The van der Waals surface area contributed by atoms with Crippen LogP contribution in [-0.4, -0.2) is 24.7 Å². The van der Waals surface area contributed by atoms with Crippen molar-refractivity contribution in [1.82, 2.24) is 24.7 Å². The number of anilines is 1. The minimum atomic E-state index is 0.225. The van der Waals surface area contributed by atoms with E-state index < -0.39 is 0 Å². The van der Waals surface area contributed by atoms with Crippen LogP contribution in [0.2, 0.25) is 0 Å². The van der Waals surface area contributed by atoms with E-state index >= 15 is 0 Å². The second-order valence-corrected chi connectivity index (χ2v) is 3.26. The topological polar surface area (TPSA) is 82.5 Å². The van der Waals surface area contributed by atoms with Gasteiger partial charge in [-0.3, -0.25) is 0 Å². The number of nitrogen functional groups attached to an aromatic ring is 1. The van der Waals surface area contributed by atoms with Crippen molar-refractivity contribution in [2.45, 2.75) is 0 Å². The molecule has 0 saturated carbocycles. The Morgan fingerprint density at radius 2 is 1.94 bits per heavy atom. The number of nitrogens with two attached hydrogens (primary N) is 1. The maximum atomic E-state index is 5.47. The summed E-state index contributed by atoms with van der Waals surface area (Å²) in [6, 6.07) is 7.70. The van der Waals surface area contributed by atoms with Gasteiger partial charge in [-0.2, -0.15) is 4.68 Å². The Morgan fingerprint density at radius 1 is 1.06 bits per heavy atom. The van der Waals surface area contributed by atoms with E-state index in [1.54, 1.807) is 4.68 Å². The highest BCUT2D eigenvalue weighted by atomic mass is 15.4. The first-order chi connectivity index (χ1) is 7.84. The van der Waals surface area contributed by atoms with E-state index in [1.165, 1.54) is 12.7 Å². The summed E-state index contributed by atoms with van der Waals surface area (Å²) >= 11 is 0. The highest BCUT2D eigenvalue weighted by molar-refractivity contribution is 5.84. The van der Waals surface area contributed by atoms with Crippen LogP contribution >= 0.6 is 0 Å². The number of fused-ring (bicyclic) bond motifs is 1. The zero-order chi connectivity index (χ0) is 11.0. The Morgan fingerprint density at radius 3 is 2.75 bits per heavy atom. The van der Waals surface area contributed by atoms with E-state index in [4.69, 9.17) is 5.73 Å². The number of hydrogen-bond acceptors (Lipinski definition) is 5. The molecule has 78 valence electrons. The van der Waals surface area contributed by atoms with Crippen LogP contribution in [0.5, 0.6) is 0 Å². The van der Waals surface area contributed by atoms with Gasteiger partial charge in [-0.25, -0.2) is 15.0 Å². The maximum Gasteiger partial charge on any atom is 0.239 e. The highest BCUT2D eigenvalue weighted by Crippen LogP contribution is 2.16. The average molecular weight is 212 g/mol. The van der Waals surface area contributed by atoms with E-state index in [2.05, 4.69) is 20.1 Å². The molecule has 0 fully saturated rings. The molecule has 3 aromatic rings. The summed E-state index contributed by atoms with van der Waals surface area (Å²) in [6.07, 6.45) is 3.03. The third-order valence-electron chi connectivity index (χ3n) is 2.25. The number of hydrogen-bond donors (Lipinski definition) is 1. The quantitative estimate of drug-likeness (QED) is 0.644. The lowest BCUT2D eigenvalue weighted by Gasteiger charge is -2.02. The summed E-state index contributed by atoms with van der Waals surface area (Å²) in [5.41, 5.74) is 6.34. The van der Waals surface area contributed by atoms with E-state index in [-0.39, 0.29) is 5.95 Å². The minimum Gasteiger partial charge on any atom is -0.366 e. The van der Waals surface area contributed by atoms with E-state index in [9.17, 15) is 0 Å². The zero-order valence-corrected chi connectivity index (χ0v) is 8.28. The number of nitrogens with zero attached hydrogens (tertiary/aromatic N) is 5. The molecule has 16 heavy (non-hydrogen) atoms. The molecular weight excluding hydrogens is 204 g/mol. The van der Waals surface area contributed by atoms with Crippen LogP contribution in [0.1, 0.15) is 0 Å². The Hall–Kier alpha value is -2.50. The van der Waals surface area contributed by atoms with Crippen LogP contribution in [0.25, 0.3) is 16.7 Å². The van der Waals surface area contributed by atoms with Gasteiger partial charge in [0, 0.05) is 5.39 Å². The van der Waals surface area contributed by atoms with Gasteiger partial charge >= 0.3 is 0 Å². The Bertz CT molecular complexity index is 639. The van der Waals surface area contributed by atoms with Crippen LogP contribution in [-0.2, 0) is 0 Å². The molecule has 1 aromatic carbocycles. The van der Waals surface area contributed by atoms with Gasteiger partial charge in [0.15, 0.2) is 5.82 Å². The third-order valence-corrected chi connectivity index (χ3v) is 2.25. The molecule has 0 atom stereocenters. The van der Waals surface area contributed by atoms with Gasteiger partial charge in [0.2, 0.25) is 5.95 Å². The van der Waals surface area contributed by atoms with E-state index in [1.807, 2.05) is 24.3 Å². The third kappa shape index (κ3) is 1.28. The van der Waals surface area contributed by atoms with Crippen molar-refractivity contribution in [1.29, 1.82) is 0 Å². The summed E-state index contributed by atoms with van der Waals surface area (Å²) in [5, 5.41) is 4.94. The van der Waals surface area contributed by atoms with Gasteiger partial charge in [0.1, 0.15) is 12.7 Å².